The van der Waals surface area contributed by atoms with E-state index in [0.29, 0.717) is 33.6 Å². The van der Waals surface area contributed by atoms with E-state index < -0.39 is 15.9 Å². The maximum atomic E-state index is 13.5. The van der Waals surface area contributed by atoms with E-state index in [0.717, 1.165) is 5.56 Å². The number of rotatable bonds is 11. The maximum absolute atomic E-state index is 13.5. The standard InChI is InChI=1S/C28H26ClN3O6S/c1-36-25-14-21(15-26(16-25)37-2)28(33)31-30-17-23-10-11-24(38-23)19-32(18-20-6-4-3-5-7-20)39(34,35)27-12-8-22(29)9-13-27/h3-17H,18-19H2,1-2H3,(H,31,33)/b30-17-. The number of ether oxygens (including phenoxy) is 2. The molecule has 39 heavy (non-hydrogen) atoms. The average Bonchev–Trinajstić information content (AvgIpc) is 3.40. The van der Waals surface area contributed by atoms with Crippen molar-refractivity contribution < 1.29 is 27.1 Å². The molecule has 0 spiro atoms. The van der Waals surface area contributed by atoms with Gasteiger partial charge in [0.15, 0.2) is 0 Å². The average molecular weight is 568 g/mol. The molecule has 1 aromatic heterocycles. The van der Waals surface area contributed by atoms with Gasteiger partial charge in [-0.1, -0.05) is 41.9 Å². The van der Waals surface area contributed by atoms with E-state index >= 15 is 0 Å². The molecule has 3 aromatic carbocycles. The van der Waals surface area contributed by atoms with E-state index in [2.05, 4.69) is 10.5 Å². The van der Waals surface area contributed by atoms with E-state index in [-0.39, 0.29) is 18.0 Å². The second kappa shape index (κ2) is 12.6. The molecule has 0 aliphatic carbocycles. The van der Waals surface area contributed by atoms with Crippen molar-refractivity contribution in [2.24, 2.45) is 5.10 Å². The quantitative estimate of drug-likeness (QED) is 0.199. The normalized spacial score (nSPS) is 11.6. The minimum Gasteiger partial charge on any atom is -0.497 e. The number of hydrogen-bond donors (Lipinski definition) is 1. The predicted molar refractivity (Wildman–Crippen MR) is 148 cm³/mol. The van der Waals surface area contributed by atoms with Gasteiger partial charge in [-0.2, -0.15) is 9.41 Å². The van der Waals surface area contributed by atoms with Crippen LogP contribution in [0.4, 0.5) is 0 Å². The molecule has 202 valence electrons. The highest BCUT2D eigenvalue weighted by Gasteiger charge is 2.26. The highest BCUT2D eigenvalue weighted by Crippen LogP contribution is 2.24. The van der Waals surface area contributed by atoms with E-state index in [1.807, 2.05) is 30.3 Å². The molecule has 0 saturated heterocycles. The van der Waals surface area contributed by atoms with E-state index in [1.54, 1.807) is 30.3 Å². The highest BCUT2D eigenvalue weighted by molar-refractivity contribution is 7.89. The van der Waals surface area contributed by atoms with Gasteiger partial charge in [0.1, 0.15) is 23.0 Å². The molecule has 1 amide bonds. The first-order valence-corrected chi connectivity index (χ1v) is 13.5. The molecule has 1 heterocycles. The molecule has 0 bridgehead atoms. The Labute approximate surface area is 231 Å². The second-order valence-electron chi connectivity index (χ2n) is 8.32. The van der Waals surface area contributed by atoms with Crippen LogP contribution in [-0.2, 0) is 23.1 Å². The summed E-state index contributed by atoms with van der Waals surface area (Å²) in [5.74, 6) is 1.18. The molecule has 9 nitrogen and oxygen atoms in total. The smallest absolute Gasteiger partial charge is 0.271 e. The Bertz CT molecular complexity index is 1530. The molecule has 1 N–H and O–H groups in total. The van der Waals surface area contributed by atoms with Gasteiger partial charge < -0.3 is 13.9 Å². The molecule has 4 rings (SSSR count). The lowest BCUT2D eigenvalue weighted by molar-refractivity contribution is 0.0954. The number of nitrogens with zero attached hydrogens (tertiary/aromatic N) is 2. The number of nitrogens with one attached hydrogen (secondary N) is 1. The van der Waals surface area contributed by atoms with Crippen molar-refractivity contribution in [3.05, 3.63) is 113 Å². The third-order valence-corrected chi connectivity index (χ3v) is 7.70. The van der Waals surface area contributed by atoms with Crippen LogP contribution in [0.2, 0.25) is 5.02 Å². The summed E-state index contributed by atoms with van der Waals surface area (Å²) in [5.41, 5.74) is 3.54. The van der Waals surface area contributed by atoms with Crippen LogP contribution >= 0.6 is 11.6 Å². The number of hydrogen-bond acceptors (Lipinski definition) is 7. The molecule has 0 atom stereocenters. The topological polar surface area (TPSA) is 110 Å². The molecular weight excluding hydrogens is 542 g/mol. The van der Waals surface area contributed by atoms with Crippen molar-refractivity contribution in [2.45, 2.75) is 18.0 Å². The summed E-state index contributed by atoms with van der Waals surface area (Å²) >= 11 is 5.95. The van der Waals surface area contributed by atoms with Crippen LogP contribution in [0.3, 0.4) is 0 Å². The van der Waals surface area contributed by atoms with Crippen molar-refractivity contribution in [3.63, 3.8) is 0 Å². The third kappa shape index (κ3) is 7.26. The molecule has 0 unspecified atom stereocenters. The number of halogens is 1. The zero-order valence-electron chi connectivity index (χ0n) is 21.2. The van der Waals surface area contributed by atoms with Crippen LogP contribution in [0.25, 0.3) is 0 Å². The summed E-state index contributed by atoms with van der Waals surface area (Å²) < 4.78 is 44.4. The number of furan rings is 1. The zero-order chi connectivity index (χ0) is 27.8. The van der Waals surface area contributed by atoms with E-state index in [1.165, 1.54) is 49.0 Å². The lowest BCUT2D eigenvalue weighted by atomic mass is 10.2. The SMILES string of the molecule is COc1cc(OC)cc(C(=O)N/N=C\c2ccc(CN(Cc3ccccc3)S(=O)(=O)c3ccc(Cl)cc3)o2)c1. The van der Waals surface area contributed by atoms with Crippen LogP contribution in [-0.4, -0.2) is 39.1 Å². The summed E-state index contributed by atoms with van der Waals surface area (Å²) in [6.45, 7) is 0.111. The van der Waals surface area contributed by atoms with Crippen LogP contribution in [0.5, 0.6) is 11.5 Å². The van der Waals surface area contributed by atoms with Crippen molar-refractivity contribution in [3.8, 4) is 11.5 Å². The summed E-state index contributed by atoms with van der Waals surface area (Å²) in [5, 5.41) is 4.39. The molecule has 0 radical (unpaired) electrons. The molecule has 0 aliphatic heterocycles. The fourth-order valence-corrected chi connectivity index (χ4v) is 5.17. The van der Waals surface area contributed by atoms with Gasteiger partial charge in [-0.05, 0) is 54.1 Å². The highest BCUT2D eigenvalue weighted by atomic mass is 35.5. The van der Waals surface area contributed by atoms with Gasteiger partial charge in [-0.25, -0.2) is 13.8 Å². The van der Waals surface area contributed by atoms with Crippen molar-refractivity contribution in [1.82, 2.24) is 9.73 Å². The van der Waals surface area contributed by atoms with Crippen LogP contribution in [0.1, 0.15) is 27.4 Å². The predicted octanol–water partition coefficient (Wildman–Crippen LogP) is 5.11. The first kappa shape index (κ1) is 27.9. The van der Waals surface area contributed by atoms with Gasteiger partial charge in [-0.15, -0.1) is 0 Å². The van der Waals surface area contributed by atoms with Gasteiger partial charge in [0.25, 0.3) is 5.91 Å². The van der Waals surface area contributed by atoms with Gasteiger partial charge in [0, 0.05) is 23.2 Å². The Morgan fingerprint density at radius 1 is 0.949 bits per heavy atom. The number of carbonyl (C=O) groups is 1. The molecule has 11 heteroatoms. The first-order chi connectivity index (χ1) is 18.8. The van der Waals surface area contributed by atoms with E-state index in [4.69, 9.17) is 25.5 Å². The third-order valence-electron chi connectivity index (χ3n) is 5.64. The molecule has 0 fully saturated rings. The summed E-state index contributed by atoms with van der Waals surface area (Å²) in [6.07, 6.45) is 1.33. The monoisotopic (exact) mass is 567 g/mol. The summed E-state index contributed by atoms with van der Waals surface area (Å²) in [7, 11) is -0.890. The Balaban J connectivity index is 1.49. The number of amides is 1. The summed E-state index contributed by atoms with van der Waals surface area (Å²) in [6, 6.07) is 23.3. The van der Waals surface area contributed by atoms with Crippen LogP contribution in [0.15, 0.2) is 99.3 Å². The molecule has 4 aromatic rings. The largest absolute Gasteiger partial charge is 0.497 e. The fourth-order valence-electron chi connectivity index (χ4n) is 3.65. The number of sulfonamides is 1. The van der Waals surface area contributed by atoms with Gasteiger partial charge in [0.2, 0.25) is 10.0 Å². The van der Waals surface area contributed by atoms with E-state index in [9.17, 15) is 13.2 Å². The molecular formula is C28H26ClN3O6S. The second-order valence-corrected chi connectivity index (χ2v) is 10.7. The lowest BCUT2D eigenvalue weighted by Crippen LogP contribution is -2.30. The lowest BCUT2D eigenvalue weighted by Gasteiger charge is -2.21. The maximum Gasteiger partial charge on any atom is 0.271 e. The van der Waals surface area contributed by atoms with Crippen molar-refractivity contribution in [1.29, 1.82) is 0 Å². The molecule has 0 aliphatic rings. The number of methoxy groups -OCH3 is 2. The number of hydrazone groups is 1. The minimum absolute atomic E-state index is 0.0241. The Morgan fingerprint density at radius 2 is 1.62 bits per heavy atom. The van der Waals surface area contributed by atoms with Gasteiger partial charge in [-0.3, -0.25) is 4.79 Å². The summed E-state index contributed by atoms with van der Waals surface area (Å²) in [4.78, 5) is 12.6. The van der Waals surface area contributed by atoms with Crippen molar-refractivity contribution in [2.75, 3.05) is 14.2 Å². The molecule has 0 saturated carbocycles. The van der Waals surface area contributed by atoms with Crippen LogP contribution in [0, 0.1) is 0 Å². The Morgan fingerprint density at radius 3 is 2.26 bits per heavy atom. The minimum atomic E-state index is -3.87. The Hall–Kier alpha value is -4.12. The van der Waals surface area contributed by atoms with Gasteiger partial charge >= 0.3 is 0 Å². The number of carbonyl (C=O) groups excluding carboxylic acids is 1. The first-order valence-electron chi connectivity index (χ1n) is 11.7. The van der Waals surface area contributed by atoms with Crippen molar-refractivity contribution >= 4 is 33.7 Å². The fraction of sp³-hybridized carbons (Fsp3) is 0.143. The number of benzene rings is 3. The van der Waals surface area contributed by atoms with Crippen LogP contribution < -0.4 is 14.9 Å². The zero-order valence-corrected chi connectivity index (χ0v) is 22.8. The Kier molecular flexibility index (Phi) is 9.03. The van der Waals surface area contributed by atoms with Gasteiger partial charge in [0.05, 0.1) is 31.9 Å².